The van der Waals surface area contributed by atoms with E-state index < -0.39 is 5.41 Å². The van der Waals surface area contributed by atoms with Gasteiger partial charge in [-0.2, -0.15) is 0 Å². The Labute approximate surface area is 431 Å². The summed E-state index contributed by atoms with van der Waals surface area (Å²) in [7, 11) is 0. The molecule has 11 aromatic carbocycles. The van der Waals surface area contributed by atoms with Gasteiger partial charge in [-0.25, -0.2) is 15.0 Å². The highest BCUT2D eigenvalue weighted by atomic mass is 15.1. The monoisotopic (exact) mass is 942 g/mol. The van der Waals surface area contributed by atoms with Crippen LogP contribution in [0, 0.1) is 0 Å². The number of rotatable bonds is 9. The lowest BCUT2D eigenvalue weighted by atomic mass is 9.70. The highest BCUT2D eigenvalue weighted by Crippen LogP contribution is 2.65. The summed E-state index contributed by atoms with van der Waals surface area (Å²) in [5.41, 5.74) is 22.5. The van der Waals surface area contributed by atoms with Gasteiger partial charge in [0, 0.05) is 33.6 Å². The van der Waals surface area contributed by atoms with Gasteiger partial charge in [0.05, 0.1) is 11.1 Å². The molecule has 0 saturated heterocycles. The minimum atomic E-state index is -0.547. The van der Waals surface area contributed by atoms with E-state index in [-0.39, 0.29) is 0 Å². The van der Waals surface area contributed by atoms with Crippen LogP contribution in [-0.4, -0.2) is 15.0 Å². The third kappa shape index (κ3) is 7.10. The summed E-state index contributed by atoms with van der Waals surface area (Å²) in [6.45, 7) is 0. The van der Waals surface area contributed by atoms with Crippen LogP contribution in [0.4, 0.5) is 17.1 Å². The lowest BCUT2D eigenvalue weighted by Crippen LogP contribution is -2.28. The molecule has 1 heterocycles. The summed E-state index contributed by atoms with van der Waals surface area (Å²) < 4.78 is 0. The molecule has 74 heavy (non-hydrogen) atoms. The molecule has 2 aliphatic rings. The molecule has 0 radical (unpaired) electrons. The third-order valence-electron chi connectivity index (χ3n) is 14.9. The normalized spacial score (nSPS) is 12.4. The number of anilines is 3. The average molecular weight is 943 g/mol. The van der Waals surface area contributed by atoms with Gasteiger partial charge in [0.15, 0.2) is 17.5 Å². The van der Waals surface area contributed by atoms with Gasteiger partial charge in [0.1, 0.15) is 0 Å². The van der Waals surface area contributed by atoms with Crippen molar-refractivity contribution < 1.29 is 0 Å². The minimum Gasteiger partial charge on any atom is -0.310 e. The van der Waals surface area contributed by atoms with E-state index in [1.807, 2.05) is 24.3 Å². The van der Waals surface area contributed by atoms with Gasteiger partial charge in [-0.1, -0.05) is 237 Å². The Morgan fingerprint density at radius 2 is 0.608 bits per heavy atom. The van der Waals surface area contributed by atoms with Crippen molar-refractivity contribution in [3.63, 3.8) is 0 Å². The maximum atomic E-state index is 5.21. The van der Waals surface area contributed by atoms with Crippen LogP contribution in [0.2, 0.25) is 0 Å². The summed E-state index contributed by atoms with van der Waals surface area (Å²) >= 11 is 0. The van der Waals surface area contributed by atoms with Gasteiger partial charge in [0.25, 0.3) is 0 Å². The van der Waals surface area contributed by atoms with E-state index in [0.717, 1.165) is 56.0 Å². The van der Waals surface area contributed by atoms with Gasteiger partial charge in [0.2, 0.25) is 0 Å². The number of hydrogen-bond acceptors (Lipinski definition) is 4. The van der Waals surface area contributed by atoms with Crippen molar-refractivity contribution in [2.45, 2.75) is 5.41 Å². The molecule has 0 fully saturated rings. The molecule has 0 aliphatic heterocycles. The first kappa shape index (κ1) is 43.1. The Hall–Kier alpha value is -9.77. The zero-order valence-corrected chi connectivity index (χ0v) is 40.3. The molecule has 12 aromatic rings. The molecular weight excluding hydrogens is 897 g/mol. The summed E-state index contributed by atoms with van der Waals surface area (Å²) in [6, 6.07) is 100. The molecule has 0 amide bonds. The number of benzene rings is 11. The summed E-state index contributed by atoms with van der Waals surface area (Å²) in [4.78, 5) is 17.9. The number of fused-ring (bicyclic) bond motifs is 10. The van der Waals surface area contributed by atoms with Crippen LogP contribution >= 0.6 is 0 Å². The second kappa shape index (κ2) is 17.8. The van der Waals surface area contributed by atoms with Crippen LogP contribution in [0.15, 0.2) is 279 Å². The maximum absolute atomic E-state index is 5.21. The van der Waals surface area contributed by atoms with E-state index >= 15 is 0 Å². The Morgan fingerprint density at radius 1 is 0.243 bits per heavy atom. The molecule has 1 aromatic heterocycles. The van der Waals surface area contributed by atoms with Crippen molar-refractivity contribution in [3.05, 3.63) is 301 Å². The van der Waals surface area contributed by atoms with Crippen LogP contribution < -0.4 is 4.90 Å². The number of nitrogens with zero attached hydrogens (tertiary/aromatic N) is 4. The van der Waals surface area contributed by atoms with Crippen LogP contribution in [0.5, 0.6) is 0 Å². The SMILES string of the molecule is c1ccc(-c2ccc(N(c3cccc(-c4cccc(-c5nc(-c6ccccc6)nc(-c6cccc(-c7ccccc7)c6)n5)c4)c3)c3cccc4c3C3(c5ccccc5-c5ccccc53)c3ccccc3-4)cc2)cc1. The second-order valence-corrected chi connectivity index (χ2v) is 19.1. The zero-order valence-electron chi connectivity index (χ0n) is 40.3. The van der Waals surface area contributed by atoms with E-state index in [4.69, 9.17) is 15.0 Å². The Kier molecular flexibility index (Phi) is 10.4. The van der Waals surface area contributed by atoms with Crippen molar-refractivity contribution in [1.82, 2.24) is 15.0 Å². The van der Waals surface area contributed by atoms with E-state index in [0.29, 0.717) is 17.5 Å². The van der Waals surface area contributed by atoms with Crippen molar-refractivity contribution >= 4 is 17.1 Å². The van der Waals surface area contributed by atoms with Crippen molar-refractivity contribution in [2.24, 2.45) is 0 Å². The third-order valence-corrected chi connectivity index (χ3v) is 14.9. The predicted octanol–water partition coefficient (Wildman–Crippen LogP) is 17.7. The Balaban J connectivity index is 0.933. The van der Waals surface area contributed by atoms with E-state index in [9.17, 15) is 0 Å². The number of aromatic nitrogens is 3. The van der Waals surface area contributed by atoms with Gasteiger partial charge < -0.3 is 4.90 Å². The van der Waals surface area contributed by atoms with Crippen LogP contribution in [-0.2, 0) is 5.41 Å². The highest BCUT2D eigenvalue weighted by Gasteiger charge is 2.53. The molecule has 1 spiro atoms. The summed E-state index contributed by atoms with van der Waals surface area (Å²) in [5, 5.41) is 0. The van der Waals surface area contributed by atoms with Crippen molar-refractivity contribution in [1.29, 1.82) is 0 Å². The van der Waals surface area contributed by atoms with Gasteiger partial charge >= 0.3 is 0 Å². The maximum Gasteiger partial charge on any atom is 0.164 e. The standard InChI is InChI=1S/C70H46N4/c1-4-20-47(21-5-1)49-40-42-56(43-41-49)74(65-39-19-35-61-60-34-12-15-38-64(60)70(66(61)65)62-36-13-10-32-58(62)59-33-11-14-37-63(59)70)57-31-18-28-53(46-57)52-27-17-30-55(45-52)69-72-67(50-24-8-3-9-25-50)71-68(73-69)54-29-16-26-51(44-54)48-22-6-2-7-23-48/h1-46H. The van der Waals surface area contributed by atoms with Crippen LogP contribution in [0.1, 0.15) is 22.3 Å². The first-order valence-corrected chi connectivity index (χ1v) is 25.3. The summed E-state index contributed by atoms with van der Waals surface area (Å²) in [6.07, 6.45) is 0. The molecule has 346 valence electrons. The van der Waals surface area contributed by atoms with E-state index in [2.05, 4.69) is 260 Å². The molecule has 14 rings (SSSR count). The predicted molar refractivity (Wildman–Crippen MR) is 303 cm³/mol. The molecular formula is C70H46N4. The van der Waals surface area contributed by atoms with Crippen molar-refractivity contribution in [2.75, 3.05) is 4.90 Å². The fraction of sp³-hybridized carbons (Fsp3) is 0.0143. The fourth-order valence-corrected chi connectivity index (χ4v) is 11.7. The molecule has 2 aliphatic carbocycles. The zero-order chi connectivity index (χ0) is 49.0. The quantitative estimate of drug-likeness (QED) is 0.145. The van der Waals surface area contributed by atoms with Crippen LogP contribution in [0.3, 0.4) is 0 Å². The Bertz CT molecular complexity index is 4010. The Morgan fingerprint density at radius 3 is 1.16 bits per heavy atom. The molecule has 0 bridgehead atoms. The smallest absolute Gasteiger partial charge is 0.164 e. The molecule has 0 saturated carbocycles. The van der Waals surface area contributed by atoms with Gasteiger partial charge in [-0.05, 0) is 115 Å². The largest absolute Gasteiger partial charge is 0.310 e. The number of hydrogen-bond donors (Lipinski definition) is 0. The molecule has 4 nitrogen and oxygen atoms in total. The highest BCUT2D eigenvalue weighted by molar-refractivity contribution is 6.00. The average Bonchev–Trinajstić information content (AvgIpc) is 3.96. The van der Waals surface area contributed by atoms with Gasteiger partial charge in [-0.3, -0.25) is 0 Å². The molecule has 0 N–H and O–H groups in total. The van der Waals surface area contributed by atoms with Gasteiger partial charge in [-0.15, -0.1) is 0 Å². The van der Waals surface area contributed by atoms with E-state index in [1.54, 1.807) is 0 Å². The fourth-order valence-electron chi connectivity index (χ4n) is 11.7. The summed E-state index contributed by atoms with van der Waals surface area (Å²) in [5.74, 6) is 1.86. The lowest BCUT2D eigenvalue weighted by Gasteiger charge is -2.36. The lowest BCUT2D eigenvalue weighted by molar-refractivity contribution is 0.793. The van der Waals surface area contributed by atoms with E-state index in [1.165, 1.54) is 55.6 Å². The first-order chi connectivity index (χ1) is 36.7. The minimum absolute atomic E-state index is 0.547. The van der Waals surface area contributed by atoms with Crippen molar-refractivity contribution in [3.8, 4) is 89.8 Å². The molecule has 0 atom stereocenters. The molecule has 0 unspecified atom stereocenters. The topological polar surface area (TPSA) is 41.9 Å². The molecule has 4 heteroatoms. The van der Waals surface area contributed by atoms with Crippen LogP contribution in [0.25, 0.3) is 89.8 Å². The first-order valence-electron chi connectivity index (χ1n) is 25.3. The second-order valence-electron chi connectivity index (χ2n) is 19.1.